The molecule has 1 aromatic carbocycles. The van der Waals surface area contributed by atoms with Crippen LogP contribution in [0.4, 0.5) is 20.3 Å². The maximum absolute atomic E-state index is 13.6. The van der Waals surface area contributed by atoms with Gasteiger partial charge in [0, 0.05) is 67.7 Å². The van der Waals surface area contributed by atoms with Crippen LogP contribution in [0.2, 0.25) is 0 Å². The predicted molar refractivity (Wildman–Crippen MR) is 146 cm³/mol. The first-order valence-corrected chi connectivity index (χ1v) is 12.6. The number of halogens is 2. The fourth-order valence-electron chi connectivity index (χ4n) is 4.60. The summed E-state index contributed by atoms with van der Waals surface area (Å²) in [5, 5.41) is 6.94. The van der Waals surface area contributed by atoms with Gasteiger partial charge in [-0.2, -0.15) is 0 Å². The summed E-state index contributed by atoms with van der Waals surface area (Å²) in [6, 6.07) is 11.4. The number of benzene rings is 1. The molecule has 38 heavy (non-hydrogen) atoms. The number of alkyl halides is 2. The number of likely N-dealkylation sites (N-methyl/N-ethyl adjacent to an activating group) is 1. The number of aromatic amines is 1. The third kappa shape index (κ3) is 6.15. The Hall–Kier alpha value is -3.89. The Morgan fingerprint density at radius 2 is 2.00 bits per heavy atom. The van der Waals surface area contributed by atoms with Crippen molar-refractivity contribution in [2.24, 2.45) is 0 Å². The van der Waals surface area contributed by atoms with Gasteiger partial charge in [0.25, 0.3) is 11.8 Å². The molecule has 5 rings (SSSR count). The van der Waals surface area contributed by atoms with E-state index in [-0.39, 0.29) is 18.9 Å². The van der Waals surface area contributed by atoms with E-state index in [1.807, 2.05) is 50.5 Å². The minimum Gasteiger partial charge on any atom is -0.369 e. The molecule has 3 aromatic heterocycles. The minimum atomic E-state index is -2.62. The molecule has 0 atom stereocenters. The van der Waals surface area contributed by atoms with Crippen molar-refractivity contribution in [3.8, 4) is 11.1 Å². The van der Waals surface area contributed by atoms with Crippen LogP contribution in [-0.4, -0.2) is 76.9 Å². The van der Waals surface area contributed by atoms with Gasteiger partial charge in [-0.25, -0.2) is 13.8 Å². The molecular weight excluding hydrogens is 488 g/mol. The molecule has 1 aliphatic rings. The molecule has 0 unspecified atom stereocenters. The molecule has 0 spiro atoms. The summed E-state index contributed by atoms with van der Waals surface area (Å²) in [5.74, 6) is -2.12. The smallest absolute Gasteiger partial charge is 0.261 e. The zero-order valence-electron chi connectivity index (χ0n) is 21.5. The molecule has 0 saturated carbocycles. The first kappa shape index (κ1) is 25.7. The van der Waals surface area contributed by atoms with Crippen molar-refractivity contribution in [3.63, 3.8) is 0 Å². The highest BCUT2D eigenvalue weighted by Gasteiger charge is 2.37. The first-order chi connectivity index (χ1) is 18.3. The Morgan fingerprint density at radius 1 is 1.13 bits per heavy atom. The number of hydrogen-bond donors (Lipinski definition) is 3. The fourth-order valence-corrected chi connectivity index (χ4v) is 4.60. The van der Waals surface area contributed by atoms with E-state index >= 15 is 0 Å². The van der Waals surface area contributed by atoms with Crippen LogP contribution >= 0.6 is 0 Å². The molecule has 4 heterocycles. The lowest BCUT2D eigenvalue weighted by Crippen LogP contribution is -2.24. The largest absolute Gasteiger partial charge is 0.369 e. The number of fused-ring (bicyclic) bond motifs is 1. The molecule has 1 fully saturated rings. The number of carbonyl (C=O) groups excluding carboxylic acids is 1. The Labute approximate surface area is 220 Å². The first-order valence-electron chi connectivity index (χ1n) is 12.6. The molecule has 1 saturated heterocycles. The maximum atomic E-state index is 13.6. The van der Waals surface area contributed by atoms with Crippen LogP contribution in [0, 0.1) is 0 Å². The molecule has 0 bridgehead atoms. The van der Waals surface area contributed by atoms with Gasteiger partial charge in [-0.1, -0.05) is 6.07 Å². The second-order valence-electron chi connectivity index (χ2n) is 9.98. The number of amides is 1. The van der Waals surface area contributed by atoms with Gasteiger partial charge >= 0.3 is 0 Å². The van der Waals surface area contributed by atoms with Crippen LogP contribution in [0.1, 0.15) is 22.3 Å². The van der Waals surface area contributed by atoms with Gasteiger partial charge in [-0.3, -0.25) is 14.7 Å². The molecule has 8 nitrogen and oxygen atoms in total. The van der Waals surface area contributed by atoms with E-state index in [9.17, 15) is 13.6 Å². The van der Waals surface area contributed by atoms with E-state index in [2.05, 4.69) is 30.5 Å². The van der Waals surface area contributed by atoms with E-state index in [1.165, 1.54) is 0 Å². The average molecular weight is 520 g/mol. The summed E-state index contributed by atoms with van der Waals surface area (Å²) < 4.78 is 27.2. The van der Waals surface area contributed by atoms with Crippen LogP contribution < -0.4 is 10.6 Å². The molecule has 0 radical (unpaired) electrons. The van der Waals surface area contributed by atoms with Crippen LogP contribution in [0.15, 0.2) is 61.2 Å². The Morgan fingerprint density at radius 3 is 2.74 bits per heavy atom. The monoisotopic (exact) mass is 519 g/mol. The number of carbonyl (C=O) groups is 1. The van der Waals surface area contributed by atoms with Gasteiger partial charge < -0.3 is 20.5 Å². The lowest BCUT2D eigenvalue weighted by Gasteiger charge is -2.15. The lowest BCUT2D eigenvalue weighted by molar-refractivity contribution is 0.0115. The fraction of sp³-hybridized carbons (Fsp3) is 0.321. The van der Waals surface area contributed by atoms with Crippen molar-refractivity contribution in [2.45, 2.75) is 18.9 Å². The van der Waals surface area contributed by atoms with Crippen LogP contribution in [0.3, 0.4) is 0 Å². The number of pyridine rings is 2. The second kappa shape index (κ2) is 10.8. The van der Waals surface area contributed by atoms with E-state index in [0.29, 0.717) is 24.3 Å². The summed E-state index contributed by atoms with van der Waals surface area (Å²) >= 11 is 0. The van der Waals surface area contributed by atoms with Crippen molar-refractivity contribution in [3.05, 3.63) is 72.3 Å². The van der Waals surface area contributed by atoms with Crippen molar-refractivity contribution in [2.75, 3.05) is 50.9 Å². The number of nitrogens with one attached hydrogen (secondary N) is 3. The summed E-state index contributed by atoms with van der Waals surface area (Å²) in [6.07, 6.45) is 6.67. The van der Waals surface area contributed by atoms with E-state index in [4.69, 9.17) is 0 Å². The average Bonchev–Trinajstić information content (AvgIpc) is 3.47. The highest BCUT2D eigenvalue weighted by atomic mass is 19.3. The normalized spacial score (nSPS) is 15.3. The van der Waals surface area contributed by atoms with Gasteiger partial charge in [-0.05, 0) is 55.6 Å². The number of likely N-dealkylation sites (tertiary alicyclic amines) is 1. The van der Waals surface area contributed by atoms with Crippen LogP contribution in [0.5, 0.6) is 0 Å². The van der Waals surface area contributed by atoms with Gasteiger partial charge in [-0.15, -0.1) is 0 Å². The van der Waals surface area contributed by atoms with Crippen molar-refractivity contribution >= 4 is 28.3 Å². The SMILES string of the molecule is CN(C)CCNc1ccc(NC(=O)c2c[nH]c3ccc(-c4cncc(CN5CCC(F)(F)C5)c4)cc23)cn1. The van der Waals surface area contributed by atoms with Crippen LogP contribution in [-0.2, 0) is 6.54 Å². The standard InChI is InChI=1S/C28H31F2N7O/c1-36(2)10-8-32-26-6-4-22(15-34-26)35-27(38)24-16-33-25-5-3-20(12-23(24)25)21-11-19(13-31-14-21)17-37-9-7-28(29,30)18-37/h3-6,11-16,33H,7-10,17-18H2,1-2H3,(H,32,34)(H,35,38). The van der Waals surface area contributed by atoms with E-state index in [1.54, 1.807) is 29.7 Å². The molecule has 4 aromatic rings. The number of nitrogens with zero attached hydrogens (tertiary/aromatic N) is 4. The van der Waals surface area contributed by atoms with E-state index < -0.39 is 5.92 Å². The number of hydrogen-bond acceptors (Lipinski definition) is 6. The van der Waals surface area contributed by atoms with Crippen molar-refractivity contribution in [1.82, 2.24) is 24.8 Å². The number of aromatic nitrogens is 3. The summed E-state index contributed by atoms with van der Waals surface area (Å²) in [6.45, 7) is 2.23. The predicted octanol–water partition coefficient (Wildman–Crippen LogP) is 4.69. The van der Waals surface area contributed by atoms with E-state index in [0.717, 1.165) is 46.5 Å². The second-order valence-corrected chi connectivity index (χ2v) is 9.98. The lowest BCUT2D eigenvalue weighted by atomic mass is 10.0. The highest BCUT2D eigenvalue weighted by molar-refractivity contribution is 6.13. The Balaban J connectivity index is 1.29. The number of H-pyrrole nitrogens is 1. The molecule has 10 heteroatoms. The van der Waals surface area contributed by atoms with Gasteiger partial charge in [0.05, 0.1) is 24.0 Å². The summed E-state index contributed by atoms with van der Waals surface area (Å²) in [7, 11) is 4.02. The quantitative estimate of drug-likeness (QED) is 0.297. The van der Waals surface area contributed by atoms with Gasteiger partial charge in [0.15, 0.2) is 0 Å². The molecule has 1 aliphatic heterocycles. The molecular formula is C28H31F2N7O. The third-order valence-electron chi connectivity index (χ3n) is 6.60. The minimum absolute atomic E-state index is 0.108. The highest BCUT2D eigenvalue weighted by Crippen LogP contribution is 2.30. The molecule has 1 amide bonds. The summed E-state index contributed by atoms with van der Waals surface area (Å²) in [5.41, 5.74) is 4.58. The van der Waals surface area contributed by atoms with Gasteiger partial charge in [0.1, 0.15) is 5.82 Å². The van der Waals surface area contributed by atoms with Crippen molar-refractivity contribution < 1.29 is 13.6 Å². The van der Waals surface area contributed by atoms with Gasteiger partial charge in [0.2, 0.25) is 0 Å². The third-order valence-corrected chi connectivity index (χ3v) is 6.60. The molecule has 0 aliphatic carbocycles. The summed E-state index contributed by atoms with van der Waals surface area (Å²) in [4.78, 5) is 28.8. The molecule has 3 N–H and O–H groups in total. The van der Waals surface area contributed by atoms with Crippen molar-refractivity contribution in [1.29, 1.82) is 0 Å². The Bertz CT molecular complexity index is 1420. The molecule has 198 valence electrons. The number of rotatable bonds is 9. The van der Waals surface area contributed by atoms with Crippen LogP contribution in [0.25, 0.3) is 22.0 Å². The maximum Gasteiger partial charge on any atom is 0.261 e. The zero-order chi connectivity index (χ0) is 26.7. The zero-order valence-corrected chi connectivity index (χ0v) is 21.5. The topological polar surface area (TPSA) is 89.2 Å². The number of anilines is 2. The Kier molecular flexibility index (Phi) is 7.35.